The molecule has 8 nitrogen and oxygen atoms in total. The van der Waals surface area contributed by atoms with Crippen molar-refractivity contribution in [3.05, 3.63) is 78.4 Å². The fourth-order valence-electron chi connectivity index (χ4n) is 2.86. The molecule has 0 saturated heterocycles. The molecule has 166 valence electrons. The highest BCUT2D eigenvalue weighted by atomic mass is 32.2. The molecule has 0 heterocycles. The Morgan fingerprint density at radius 1 is 0.906 bits per heavy atom. The molecule has 0 fully saturated rings. The minimum Gasteiger partial charge on any atom is -0.395 e. The molecule has 32 heavy (non-hydrogen) atoms. The van der Waals surface area contributed by atoms with E-state index >= 15 is 0 Å². The van der Waals surface area contributed by atoms with Gasteiger partial charge in [0.25, 0.3) is 0 Å². The highest BCUT2D eigenvalue weighted by Crippen LogP contribution is 2.24. The van der Waals surface area contributed by atoms with E-state index in [9.17, 15) is 8.42 Å². The zero-order valence-corrected chi connectivity index (χ0v) is 18.6. The van der Waals surface area contributed by atoms with Crippen LogP contribution in [0.2, 0.25) is 0 Å². The van der Waals surface area contributed by atoms with Crippen LogP contribution in [-0.4, -0.2) is 37.6 Å². The lowest BCUT2D eigenvalue weighted by molar-refractivity contribution is 0.311. The monoisotopic (exact) mass is 469 g/mol. The summed E-state index contributed by atoms with van der Waals surface area (Å²) in [6, 6.07) is 19.6. The molecule has 0 atom stereocenters. The van der Waals surface area contributed by atoms with Crippen LogP contribution in [0.5, 0.6) is 0 Å². The first kappa shape index (κ1) is 23.2. The quantitative estimate of drug-likeness (QED) is 0.168. The highest BCUT2D eigenvalue weighted by Gasteiger charge is 2.17. The summed E-state index contributed by atoms with van der Waals surface area (Å²) in [5, 5.41) is 25.6. The Morgan fingerprint density at radius 2 is 1.47 bits per heavy atom. The van der Waals surface area contributed by atoms with Gasteiger partial charge in [-0.15, -0.1) is 0 Å². The first-order valence-corrected chi connectivity index (χ1v) is 11.5. The number of aliphatic hydroxyl groups is 1. The summed E-state index contributed by atoms with van der Waals surface area (Å²) in [4.78, 5) is 0.336. The van der Waals surface area contributed by atoms with E-state index in [0.717, 1.165) is 5.69 Å². The Bertz CT molecular complexity index is 1210. The average Bonchev–Trinajstić information content (AvgIpc) is 2.78. The largest absolute Gasteiger partial charge is 0.395 e. The highest BCUT2D eigenvalue weighted by molar-refractivity contribution is 7.91. The van der Waals surface area contributed by atoms with Gasteiger partial charge in [0.1, 0.15) is 5.84 Å². The topological polar surface area (TPSA) is 140 Å². The smallest absolute Gasteiger partial charge is 0.206 e. The fourth-order valence-corrected chi connectivity index (χ4v) is 4.36. The SMILES string of the molecule is N=C(N)c1cccc(NC(=S)Nc2ccc(S(=O)(=O)c3ccc(NCCO)cc3)cc2)c1. The number of thiocarbonyl (C=S) groups is 1. The number of anilines is 3. The Labute approximate surface area is 191 Å². The van der Waals surface area contributed by atoms with E-state index in [2.05, 4.69) is 16.0 Å². The van der Waals surface area contributed by atoms with E-state index in [1.165, 1.54) is 24.3 Å². The summed E-state index contributed by atoms with van der Waals surface area (Å²) in [6.07, 6.45) is 0. The molecule has 0 aromatic heterocycles. The van der Waals surface area contributed by atoms with Crippen LogP contribution in [0.25, 0.3) is 0 Å². The van der Waals surface area contributed by atoms with Crippen molar-refractivity contribution in [3.63, 3.8) is 0 Å². The Kier molecular flexibility index (Phi) is 7.41. The van der Waals surface area contributed by atoms with Crippen LogP contribution >= 0.6 is 12.2 Å². The number of hydrogen-bond donors (Lipinski definition) is 6. The van der Waals surface area contributed by atoms with Crippen LogP contribution in [0.4, 0.5) is 17.1 Å². The molecule has 0 aliphatic heterocycles. The molecule has 3 aromatic rings. The summed E-state index contributed by atoms with van der Waals surface area (Å²) in [5.41, 5.74) is 8.09. The maximum atomic E-state index is 12.9. The Morgan fingerprint density at radius 3 is 2.03 bits per heavy atom. The van der Waals surface area contributed by atoms with Crippen molar-refractivity contribution in [2.75, 3.05) is 29.1 Å². The Balaban J connectivity index is 1.67. The lowest BCUT2D eigenvalue weighted by Gasteiger charge is -2.12. The molecule has 10 heteroatoms. The van der Waals surface area contributed by atoms with Gasteiger partial charge in [-0.3, -0.25) is 5.41 Å². The van der Waals surface area contributed by atoms with Crippen molar-refractivity contribution >= 4 is 50.1 Å². The van der Waals surface area contributed by atoms with Crippen LogP contribution in [-0.2, 0) is 9.84 Å². The van der Waals surface area contributed by atoms with Crippen LogP contribution in [0.3, 0.4) is 0 Å². The van der Waals surface area contributed by atoms with Gasteiger partial charge < -0.3 is 26.8 Å². The van der Waals surface area contributed by atoms with Gasteiger partial charge in [0.2, 0.25) is 9.84 Å². The van der Waals surface area contributed by atoms with E-state index in [1.807, 2.05) is 0 Å². The second kappa shape index (κ2) is 10.2. The number of sulfone groups is 1. The van der Waals surface area contributed by atoms with E-state index < -0.39 is 9.84 Å². The molecule has 0 aliphatic rings. The molecule has 0 spiro atoms. The molecule has 0 radical (unpaired) electrons. The molecule has 3 aromatic carbocycles. The van der Waals surface area contributed by atoms with Gasteiger partial charge in [-0.1, -0.05) is 12.1 Å². The van der Waals surface area contributed by atoms with Gasteiger partial charge in [-0.05, 0) is 72.9 Å². The third-order valence-electron chi connectivity index (χ3n) is 4.46. The van der Waals surface area contributed by atoms with Crippen LogP contribution in [0.15, 0.2) is 82.6 Å². The molecular formula is C22H23N5O3S2. The van der Waals surface area contributed by atoms with Crippen molar-refractivity contribution in [2.24, 2.45) is 5.73 Å². The first-order valence-electron chi connectivity index (χ1n) is 9.62. The van der Waals surface area contributed by atoms with Crippen molar-refractivity contribution in [2.45, 2.75) is 9.79 Å². The minimum atomic E-state index is -3.67. The predicted molar refractivity (Wildman–Crippen MR) is 131 cm³/mol. The van der Waals surface area contributed by atoms with Gasteiger partial charge in [-0.25, -0.2) is 8.42 Å². The van der Waals surface area contributed by atoms with Gasteiger partial charge in [0.05, 0.1) is 16.4 Å². The third-order valence-corrected chi connectivity index (χ3v) is 6.45. The summed E-state index contributed by atoms with van der Waals surface area (Å²) >= 11 is 5.31. The number of benzene rings is 3. The number of rotatable bonds is 8. The molecule has 0 aliphatic carbocycles. The van der Waals surface area contributed by atoms with Crippen molar-refractivity contribution < 1.29 is 13.5 Å². The van der Waals surface area contributed by atoms with E-state index in [-0.39, 0.29) is 22.2 Å². The molecule has 0 unspecified atom stereocenters. The summed E-state index contributed by atoms with van der Waals surface area (Å²) in [5.74, 6) is -0.0413. The molecule has 7 N–H and O–H groups in total. The minimum absolute atomic E-state index is 0.00973. The normalized spacial score (nSPS) is 10.9. The Hall–Kier alpha value is -3.47. The average molecular weight is 470 g/mol. The van der Waals surface area contributed by atoms with E-state index in [0.29, 0.717) is 28.6 Å². The van der Waals surface area contributed by atoms with Crippen molar-refractivity contribution in [3.8, 4) is 0 Å². The molecule has 0 amide bonds. The standard InChI is InChI=1S/C22H23N5O3S2/c23-21(24)15-2-1-3-18(14-15)27-22(31)26-17-6-10-20(11-7-17)32(29,30)19-8-4-16(5-9-19)25-12-13-28/h1-11,14,25,28H,12-13H2,(H3,23,24)(H2,26,27,31). The number of nitrogen functional groups attached to an aromatic ring is 1. The lowest BCUT2D eigenvalue weighted by atomic mass is 10.2. The van der Waals surface area contributed by atoms with Gasteiger partial charge >= 0.3 is 0 Å². The third kappa shape index (κ3) is 5.82. The van der Waals surface area contributed by atoms with Gasteiger partial charge in [-0.2, -0.15) is 0 Å². The van der Waals surface area contributed by atoms with Gasteiger partial charge in [0, 0.05) is 29.2 Å². The van der Waals surface area contributed by atoms with Crippen LogP contribution in [0.1, 0.15) is 5.56 Å². The maximum absolute atomic E-state index is 12.9. The maximum Gasteiger partial charge on any atom is 0.206 e. The number of aliphatic hydroxyl groups excluding tert-OH is 1. The molecule has 3 rings (SSSR count). The molecule has 0 saturated carbocycles. The van der Waals surface area contributed by atoms with Crippen LogP contribution in [0, 0.1) is 5.41 Å². The summed E-state index contributed by atoms with van der Waals surface area (Å²) in [7, 11) is -3.67. The van der Waals surface area contributed by atoms with E-state index in [4.69, 9.17) is 28.5 Å². The fraction of sp³-hybridized carbons (Fsp3) is 0.0909. The number of nitrogens with two attached hydrogens (primary N) is 1. The molecule has 0 bridgehead atoms. The first-order chi connectivity index (χ1) is 15.3. The zero-order chi connectivity index (χ0) is 23.1. The lowest BCUT2D eigenvalue weighted by Crippen LogP contribution is -2.19. The second-order valence-electron chi connectivity index (χ2n) is 6.78. The summed E-state index contributed by atoms with van der Waals surface area (Å²) < 4.78 is 25.7. The van der Waals surface area contributed by atoms with E-state index in [1.54, 1.807) is 48.5 Å². The number of hydrogen-bond acceptors (Lipinski definition) is 6. The van der Waals surface area contributed by atoms with Crippen molar-refractivity contribution in [1.82, 2.24) is 0 Å². The molecular weight excluding hydrogens is 446 g/mol. The van der Waals surface area contributed by atoms with Crippen molar-refractivity contribution in [1.29, 1.82) is 5.41 Å². The number of amidine groups is 1. The van der Waals surface area contributed by atoms with Crippen LogP contribution < -0.4 is 21.7 Å². The number of nitrogens with one attached hydrogen (secondary N) is 4. The summed E-state index contributed by atoms with van der Waals surface area (Å²) in [6.45, 7) is 0.379. The second-order valence-corrected chi connectivity index (χ2v) is 9.13. The predicted octanol–water partition coefficient (Wildman–Crippen LogP) is 3.02. The zero-order valence-electron chi connectivity index (χ0n) is 17.0. The van der Waals surface area contributed by atoms with Gasteiger partial charge in [0.15, 0.2) is 5.11 Å².